The molecule has 0 amide bonds. The molecule has 0 radical (unpaired) electrons. The molecule has 1 aromatic rings. The van der Waals surface area contributed by atoms with Crippen LogP contribution in [-0.2, 0) is 6.42 Å². The number of hydrogen-bond acceptors (Lipinski definition) is 2. The third kappa shape index (κ3) is 4.34. The third-order valence-corrected chi connectivity index (χ3v) is 2.47. The van der Waals surface area contributed by atoms with Gasteiger partial charge < -0.3 is 10.1 Å². The highest BCUT2D eigenvalue weighted by molar-refractivity contribution is 5.27. The summed E-state index contributed by atoms with van der Waals surface area (Å²) in [5.74, 6) is 0.968. The molecule has 0 spiro atoms. The van der Waals surface area contributed by atoms with Crippen molar-refractivity contribution in [3.8, 4) is 5.75 Å². The topological polar surface area (TPSA) is 21.3 Å². The second kappa shape index (κ2) is 6.46. The van der Waals surface area contributed by atoms with Crippen LogP contribution in [-0.4, -0.2) is 19.7 Å². The summed E-state index contributed by atoms with van der Waals surface area (Å²) in [6, 6.07) is 8.35. The first-order chi connectivity index (χ1) is 7.26. The van der Waals surface area contributed by atoms with E-state index in [1.54, 1.807) is 0 Å². The van der Waals surface area contributed by atoms with E-state index >= 15 is 0 Å². The Kier molecular flexibility index (Phi) is 5.19. The highest BCUT2D eigenvalue weighted by atomic mass is 16.5. The fraction of sp³-hybridized carbons (Fsp3) is 0.538. The van der Waals surface area contributed by atoms with Crippen LogP contribution in [0.15, 0.2) is 24.3 Å². The van der Waals surface area contributed by atoms with Crippen molar-refractivity contribution >= 4 is 0 Å². The molecule has 0 aliphatic rings. The van der Waals surface area contributed by atoms with Gasteiger partial charge in [-0.2, -0.15) is 0 Å². The Labute approximate surface area is 92.6 Å². The van der Waals surface area contributed by atoms with Crippen molar-refractivity contribution in [1.29, 1.82) is 0 Å². The van der Waals surface area contributed by atoms with E-state index < -0.39 is 0 Å². The molecule has 0 bridgehead atoms. The lowest BCUT2D eigenvalue weighted by atomic mass is 10.2. The number of nitrogens with one attached hydrogen (secondary N) is 1. The van der Waals surface area contributed by atoms with Gasteiger partial charge in [0.2, 0.25) is 0 Å². The van der Waals surface area contributed by atoms with Crippen molar-refractivity contribution in [3.63, 3.8) is 0 Å². The molecule has 1 N–H and O–H groups in total. The van der Waals surface area contributed by atoms with E-state index in [0.29, 0.717) is 0 Å². The Hall–Kier alpha value is -1.02. The zero-order valence-corrected chi connectivity index (χ0v) is 9.92. The lowest BCUT2D eigenvalue weighted by Crippen LogP contribution is -2.19. The summed E-state index contributed by atoms with van der Waals surface area (Å²) >= 11 is 0. The molecule has 15 heavy (non-hydrogen) atoms. The van der Waals surface area contributed by atoms with Gasteiger partial charge in [-0.15, -0.1) is 0 Å². The van der Waals surface area contributed by atoms with Crippen LogP contribution in [0.2, 0.25) is 0 Å². The average molecular weight is 207 g/mol. The van der Waals surface area contributed by atoms with Crippen LogP contribution in [0.5, 0.6) is 5.75 Å². The summed E-state index contributed by atoms with van der Waals surface area (Å²) in [7, 11) is 1.96. The van der Waals surface area contributed by atoms with Gasteiger partial charge in [-0.25, -0.2) is 0 Å². The second-order valence-corrected chi connectivity index (χ2v) is 3.82. The highest BCUT2D eigenvalue weighted by Crippen LogP contribution is 2.14. The molecule has 0 heterocycles. The standard InChI is InChI=1S/C13H21NO/c1-4-12-5-7-13(8-6-12)15-11(2)9-10-14-3/h5-8,11,14H,4,9-10H2,1-3H3. The van der Waals surface area contributed by atoms with Crippen LogP contribution in [0, 0.1) is 0 Å². The molecule has 1 unspecified atom stereocenters. The van der Waals surface area contributed by atoms with Gasteiger partial charge >= 0.3 is 0 Å². The number of ether oxygens (including phenoxy) is 1. The fourth-order valence-electron chi connectivity index (χ4n) is 1.44. The van der Waals surface area contributed by atoms with E-state index in [-0.39, 0.29) is 6.10 Å². The molecule has 1 atom stereocenters. The third-order valence-electron chi connectivity index (χ3n) is 2.47. The van der Waals surface area contributed by atoms with Gasteiger partial charge in [0.25, 0.3) is 0 Å². The van der Waals surface area contributed by atoms with Crippen LogP contribution in [0.1, 0.15) is 25.8 Å². The van der Waals surface area contributed by atoms with E-state index in [9.17, 15) is 0 Å². The predicted octanol–water partition coefficient (Wildman–Crippen LogP) is 2.63. The summed E-state index contributed by atoms with van der Waals surface area (Å²) < 4.78 is 5.78. The molecule has 1 aromatic carbocycles. The molecule has 2 heteroatoms. The number of hydrogen-bond donors (Lipinski definition) is 1. The molecule has 0 saturated carbocycles. The molecule has 0 aromatic heterocycles. The zero-order chi connectivity index (χ0) is 11.1. The Bertz CT molecular complexity index is 268. The molecular formula is C13H21NO. The molecule has 1 rings (SSSR count). The monoisotopic (exact) mass is 207 g/mol. The summed E-state index contributed by atoms with van der Waals surface area (Å²) in [6.45, 7) is 5.25. The summed E-state index contributed by atoms with van der Waals surface area (Å²) in [4.78, 5) is 0. The Morgan fingerprint density at radius 2 is 1.93 bits per heavy atom. The maximum Gasteiger partial charge on any atom is 0.119 e. The van der Waals surface area contributed by atoms with Gasteiger partial charge in [-0.05, 0) is 51.1 Å². The van der Waals surface area contributed by atoms with E-state index in [1.807, 2.05) is 7.05 Å². The first-order valence-corrected chi connectivity index (χ1v) is 5.66. The minimum Gasteiger partial charge on any atom is -0.491 e. The van der Waals surface area contributed by atoms with Crippen LogP contribution >= 0.6 is 0 Å². The van der Waals surface area contributed by atoms with Gasteiger partial charge in [0.15, 0.2) is 0 Å². The van der Waals surface area contributed by atoms with Crippen LogP contribution < -0.4 is 10.1 Å². The first kappa shape index (κ1) is 12.1. The second-order valence-electron chi connectivity index (χ2n) is 3.82. The van der Waals surface area contributed by atoms with Crippen molar-refractivity contribution in [3.05, 3.63) is 29.8 Å². The van der Waals surface area contributed by atoms with Gasteiger partial charge in [0, 0.05) is 0 Å². The van der Waals surface area contributed by atoms with Crippen LogP contribution in [0.4, 0.5) is 0 Å². The molecular weight excluding hydrogens is 186 g/mol. The summed E-state index contributed by atoms with van der Waals surface area (Å²) in [6.07, 6.45) is 2.38. The van der Waals surface area contributed by atoms with Crippen molar-refractivity contribution in [2.75, 3.05) is 13.6 Å². The summed E-state index contributed by atoms with van der Waals surface area (Å²) in [5.41, 5.74) is 1.35. The minimum atomic E-state index is 0.268. The summed E-state index contributed by atoms with van der Waals surface area (Å²) in [5, 5.41) is 3.12. The molecule has 84 valence electrons. The van der Waals surface area contributed by atoms with Gasteiger partial charge in [0.05, 0.1) is 6.10 Å². The lowest BCUT2D eigenvalue weighted by Gasteiger charge is -2.14. The van der Waals surface area contributed by atoms with Crippen molar-refractivity contribution in [1.82, 2.24) is 5.32 Å². The lowest BCUT2D eigenvalue weighted by molar-refractivity contribution is 0.211. The first-order valence-electron chi connectivity index (χ1n) is 5.66. The minimum absolute atomic E-state index is 0.268. The largest absolute Gasteiger partial charge is 0.491 e. The smallest absolute Gasteiger partial charge is 0.119 e. The maximum absolute atomic E-state index is 5.78. The number of aryl methyl sites for hydroxylation is 1. The van der Waals surface area contributed by atoms with Gasteiger partial charge in [-0.1, -0.05) is 19.1 Å². The Morgan fingerprint density at radius 1 is 1.27 bits per heavy atom. The predicted molar refractivity (Wildman–Crippen MR) is 64.5 cm³/mol. The molecule has 2 nitrogen and oxygen atoms in total. The molecule has 0 fully saturated rings. The highest BCUT2D eigenvalue weighted by Gasteiger charge is 2.02. The Morgan fingerprint density at radius 3 is 2.47 bits per heavy atom. The van der Waals surface area contributed by atoms with Crippen molar-refractivity contribution in [2.24, 2.45) is 0 Å². The average Bonchev–Trinajstić information content (AvgIpc) is 2.27. The molecule has 0 aliphatic carbocycles. The number of benzene rings is 1. The van der Waals surface area contributed by atoms with E-state index in [0.717, 1.165) is 25.1 Å². The van der Waals surface area contributed by atoms with Gasteiger partial charge in [-0.3, -0.25) is 0 Å². The van der Waals surface area contributed by atoms with Crippen molar-refractivity contribution < 1.29 is 4.74 Å². The maximum atomic E-state index is 5.78. The van der Waals surface area contributed by atoms with Crippen LogP contribution in [0.25, 0.3) is 0 Å². The quantitative estimate of drug-likeness (QED) is 0.774. The fourth-order valence-corrected chi connectivity index (χ4v) is 1.44. The molecule has 0 saturated heterocycles. The van der Waals surface area contributed by atoms with Crippen LogP contribution in [0.3, 0.4) is 0 Å². The zero-order valence-electron chi connectivity index (χ0n) is 9.92. The van der Waals surface area contributed by atoms with E-state index in [4.69, 9.17) is 4.74 Å². The van der Waals surface area contributed by atoms with E-state index in [1.165, 1.54) is 5.56 Å². The van der Waals surface area contributed by atoms with Gasteiger partial charge in [0.1, 0.15) is 5.75 Å². The van der Waals surface area contributed by atoms with E-state index in [2.05, 4.69) is 43.4 Å². The SMILES string of the molecule is CCc1ccc(OC(C)CCNC)cc1. The molecule has 0 aliphatic heterocycles. The Balaban J connectivity index is 2.42. The normalized spacial score (nSPS) is 12.5. The van der Waals surface area contributed by atoms with Crippen molar-refractivity contribution in [2.45, 2.75) is 32.8 Å². The number of rotatable bonds is 6.